The molecule has 1 aromatic carbocycles. The van der Waals surface area contributed by atoms with Crippen molar-refractivity contribution < 1.29 is 24.2 Å². The number of hydrogen-bond acceptors (Lipinski definition) is 7. The van der Waals surface area contributed by atoms with Gasteiger partial charge in [0.25, 0.3) is 5.56 Å². The summed E-state index contributed by atoms with van der Waals surface area (Å²) in [6.45, 7) is 3.04. The van der Waals surface area contributed by atoms with Gasteiger partial charge in [-0.1, -0.05) is 19.1 Å². The topological polar surface area (TPSA) is 120 Å². The van der Waals surface area contributed by atoms with E-state index in [1.165, 1.54) is 15.2 Å². The number of benzene rings is 1. The molecule has 5 heterocycles. The third-order valence-corrected chi connectivity index (χ3v) is 7.25. The largest absolute Gasteiger partial charge is 0.458 e. The molecule has 1 amide bonds. The number of fused-ring (bicyclic) bond motifs is 5. The Morgan fingerprint density at radius 2 is 1.89 bits per heavy atom. The number of carbonyl (C=O) groups is 2. The third-order valence-electron chi connectivity index (χ3n) is 7.25. The van der Waals surface area contributed by atoms with Crippen LogP contribution in [0.3, 0.4) is 0 Å². The molecule has 10 heteroatoms. The first-order valence-electron chi connectivity index (χ1n) is 11.6. The van der Waals surface area contributed by atoms with Crippen LogP contribution in [0, 0.1) is 0 Å². The Labute approximate surface area is 198 Å². The second-order valence-corrected chi connectivity index (χ2v) is 8.99. The number of carbonyl (C=O) groups excluding carboxylic acids is 2. The molecule has 3 aliphatic rings. The standard InChI is InChI=1S/C25H23N3O7/c1-2-25(33)16-11-18-20-19(12-27(18)22(30)15(16)13-35-23(25)31)28(24(32)26-7-9-34-10-8-26)17-6-4-3-5-14(17)21(20)29/h3-6,11,33H,2,7-10,12-13H2,1H3/t25-/m0/s1. The maximum absolute atomic E-state index is 13.7. The zero-order valence-corrected chi connectivity index (χ0v) is 19.1. The van der Waals surface area contributed by atoms with Crippen molar-refractivity contribution >= 4 is 22.9 Å². The SMILES string of the molecule is CC[C@@]1(O)C(=O)OCc2c1cc1n(c2=O)Cc2c-1c(=O)c1ccccc1n2C(=O)N1CCOCC1. The molecule has 0 aliphatic carbocycles. The lowest BCUT2D eigenvalue weighted by Gasteiger charge is -2.31. The van der Waals surface area contributed by atoms with Crippen LogP contribution in [0.2, 0.25) is 0 Å². The number of pyridine rings is 2. The predicted molar refractivity (Wildman–Crippen MR) is 124 cm³/mol. The number of amides is 1. The Balaban J connectivity index is 1.65. The highest BCUT2D eigenvalue weighted by molar-refractivity contribution is 5.95. The lowest BCUT2D eigenvalue weighted by molar-refractivity contribution is -0.172. The number of rotatable bonds is 1. The summed E-state index contributed by atoms with van der Waals surface area (Å²) < 4.78 is 13.4. The molecule has 2 aromatic heterocycles. The van der Waals surface area contributed by atoms with Crippen LogP contribution in [-0.2, 0) is 33.0 Å². The Morgan fingerprint density at radius 3 is 2.63 bits per heavy atom. The van der Waals surface area contributed by atoms with E-state index in [9.17, 15) is 24.3 Å². The molecule has 0 saturated carbocycles. The first kappa shape index (κ1) is 21.8. The summed E-state index contributed by atoms with van der Waals surface area (Å²) in [5.74, 6) is -0.825. The summed E-state index contributed by atoms with van der Waals surface area (Å²) in [6.07, 6.45) is 0.00601. The highest BCUT2D eigenvalue weighted by Crippen LogP contribution is 2.38. The van der Waals surface area contributed by atoms with Gasteiger partial charge < -0.3 is 24.0 Å². The molecule has 35 heavy (non-hydrogen) atoms. The Kier molecular flexibility index (Phi) is 4.74. The van der Waals surface area contributed by atoms with Crippen molar-refractivity contribution in [3.05, 3.63) is 67.7 Å². The van der Waals surface area contributed by atoms with Crippen molar-refractivity contribution in [2.24, 2.45) is 0 Å². The van der Waals surface area contributed by atoms with E-state index in [1.54, 1.807) is 36.1 Å². The van der Waals surface area contributed by atoms with E-state index < -0.39 is 17.1 Å². The second kappa shape index (κ2) is 7.62. The molecule has 3 aromatic rings. The van der Waals surface area contributed by atoms with Crippen LogP contribution in [0.1, 0.15) is 30.2 Å². The Morgan fingerprint density at radius 1 is 1.14 bits per heavy atom. The van der Waals surface area contributed by atoms with E-state index in [1.807, 2.05) is 0 Å². The maximum atomic E-state index is 13.7. The van der Waals surface area contributed by atoms with Gasteiger partial charge in [0.15, 0.2) is 11.0 Å². The normalized spacial score (nSPS) is 20.9. The van der Waals surface area contributed by atoms with Gasteiger partial charge in [-0.05, 0) is 24.6 Å². The molecule has 3 aliphatic heterocycles. The first-order valence-corrected chi connectivity index (χ1v) is 11.6. The fourth-order valence-electron chi connectivity index (χ4n) is 5.33. The van der Waals surface area contributed by atoms with Gasteiger partial charge in [0.1, 0.15) is 6.61 Å². The molecule has 1 fully saturated rings. The first-order chi connectivity index (χ1) is 16.9. The predicted octanol–water partition coefficient (Wildman–Crippen LogP) is 1.15. The van der Waals surface area contributed by atoms with E-state index in [4.69, 9.17) is 9.47 Å². The van der Waals surface area contributed by atoms with E-state index in [2.05, 4.69) is 0 Å². The van der Waals surface area contributed by atoms with Crippen molar-refractivity contribution in [2.45, 2.75) is 32.1 Å². The van der Waals surface area contributed by atoms with E-state index in [-0.39, 0.29) is 53.4 Å². The van der Waals surface area contributed by atoms with Gasteiger partial charge in [0, 0.05) is 24.0 Å². The van der Waals surface area contributed by atoms with Crippen molar-refractivity contribution in [3.63, 3.8) is 0 Å². The Bertz CT molecular complexity index is 1550. The molecule has 6 rings (SSSR count). The monoisotopic (exact) mass is 477 g/mol. The van der Waals surface area contributed by atoms with Crippen LogP contribution in [-0.4, -0.2) is 57.4 Å². The van der Waals surface area contributed by atoms with Gasteiger partial charge in [0.05, 0.1) is 47.8 Å². The van der Waals surface area contributed by atoms with Crippen molar-refractivity contribution in [3.8, 4) is 11.3 Å². The van der Waals surface area contributed by atoms with Crippen LogP contribution in [0.15, 0.2) is 39.9 Å². The maximum Gasteiger partial charge on any atom is 0.343 e. The van der Waals surface area contributed by atoms with Gasteiger partial charge in [0.2, 0.25) is 0 Å². The molecular weight excluding hydrogens is 454 g/mol. The average Bonchev–Trinajstić information content (AvgIpc) is 3.27. The minimum atomic E-state index is -1.98. The molecule has 1 N–H and O–H groups in total. The van der Waals surface area contributed by atoms with Crippen molar-refractivity contribution in [1.29, 1.82) is 0 Å². The molecule has 10 nitrogen and oxygen atoms in total. The number of ether oxygens (including phenoxy) is 2. The molecule has 0 radical (unpaired) electrons. The average molecular weight is 477 g/mol. The summed E-state index contributed by atoms with van der Waals surface area (Å²) >= 11 is 0. The van der Waals surface area contributed by atoms with Crippen molar-refractivity contribution in [1.82, 2.24) is 14.0 Å². The Hall–Kier alpha value is -3.76. The zero-order chi connectivity index (χ0) is 24.5. The summed E-state index contributed by atoms with van der Waals surface area (Å²) in [6, 6.07) is 8.09. The van der Waals surface area contributed by atoms with Crippen LogP contribution >= 0.6 is 0 Å². The number of aliphatic hydroxyl groups is 1. The summed E-state index contributed by atoms with van der Waals surface area (Å²) in [5, 5.41) is 11.4. The number of para-hydroxylation sites is 1. The summed E-state index contributed by atoms with van der Waals surface area (Å²) in [5.41, 5.74) is -1.06. The molecule has 1 saturated heterocycles. The number of hydrogen-bond donors (Lipinski definition) is 1. The lowest BCUT2D eigenvalue weighted by atomic mass is 9.86. The highest BCUT2D eigenvalue weighted by atomic mass is 16.6. The number of nitrogens with zero attached hydrogens (tertiary/aromatic N) is 3. The molecular formula is C25H23N3O7. The molecule has 1 atom stereocenters. The molecule has 0 unspecified atom stereocenters. The van der Waals surface area contributed by atoms with E-state index in [0.717, 1.165) is 0 Å². The molecule has 180 valence electrons. The lowest BCUT2D eigenvalue weighted by Crippen LogP contribution is -2.44. The van der Waals surface area contributed by atoms with Crippen LogP contribution < -0.4 is 11.0 Å². The highest BCUT2D eigenvalue weighted by Gasteiger charge is 2.45. The van der Waals surface area contributed by atoms with Gasteiger partial charge in [-0.2, -0.15) is 0 Å². The third kappa shape index (κ3) is 2.90. The van der Waals surface area contributed by atoms with Gasteiger partial charge in [-0.3, -0.25) is 14.2 Å². The van der Waals surface area contributed by atoms with Gasteiger partial charge in [-0.25, -0.2) is 9.59 Å². The van der Waals surface area contributed by atoms with Crippen LogP contribution in [0.5, 0.6) is 0 Å². The fourth-order valence-corrected chi connectivity index (χ4v) is 5.33. The summed E-state index contributed by atoms with van der Waals surface area (Å²) in [7, 11) is 0. The van der Waals surface area contributed by atoms with E-state index in [0.29, 0.717) is 42.9 Å². The molecule has 0 spiro atoms. The minimum absolute atomic E-state index is 0.00539. The summed E-state index contributed by atoms with van der Waals surface area (Å²) in [4.78, 5) is 55.0. The zero-order valence-electron chi connectivity index (χ0n) is 19.1. The smallest absolute Gasteiger partial charge is 0.343 e. The second-order valence-electron chi connectivity index (χ2n) is 8.99. The number of cyclic esters (lactones) is 1. The fraction of sp³-hybridized carbons (Fsp3) is 0.360. The number of esters is 1. The van der Waals surface area contributed by atoms with Gasteiger partial charge in [-0.15, -0.1) is 0 Å². The van der Waals surface area contributed by atoms with Crippen molar-refractivity contribution in [2.75, 3.05) is 26.3 Å². The van der Waals surface area contributed by atoms with Crippen LogP contribution in [0.4, 0.5) is 4.79 Å². The minimum Gasteiger partial charge on any atom is -0.458 e. The molecule has 0 bridgehead atoms. The number of morpholine rings is 1. The quantitative estimate of drug-likeness (QED) is 0.408. The van der Waals surface area contributed by atoms with Gasteiger partial charge >= 0.3 is 12.0 Å². The number of aromatic nitrogens is 2. The van der Waals surface area contributed by atoms with Crippen LogP contribution in [0.25, 0.3) is 22.2 Å². The van der Waals surface area contributed by atoms with E-state index >= 15 is 0 Å².